The fourth-order valence-electron chi connectivity index (χ4n) is 1.88. The summed E-state index contributed by atoms with van der Waals surface area (Å²) in [6, 6.07) is 6.71. The van der Waals surface area contributed by atoms with Gasteiger partial charge in [-0.3, -0.25) is 4.98 Å². The fraction of sp³-hybridized carbons (Fsp3) is 0.583. The first-order valence-corrected chi connectivity index (χ1v) is 5.54. The summed E-state index contributed by atoms with van der Waals surface area (Å²) in [5, 5.41) is 3.51. The van der Waals surface area contributed by atoms with Gasteiger partial charge in [-0.1, -0.05) is 6.07 Å². The molecule has 1 aromatic heterocycles. The van der Waals surface area contributed by atoms with Crippen LogP contribution in [0, 0.1) is 0 Å². The number of ether oxygens (including phenoxy) is 1. The lowest BCUT2D eigenvalue weighted by molar-refractivity contribution is 0.0177. The minimum atomic E-state index is 0.484. The van der Waals surface area contributed by atoms with Crippen LogP contribution in [0.5, 0.6) is 0 Å². The second kappa shape index (κ2) is 5.24. The molecule has 82 valence electrons. The summed E-state index contributed by atoms with van der Waals surface area (Å²) in [5.41, 5.74) is 1.16. The van der Waals surface area contributed by atoms with E-state index in [1.165, 1.54) is 0 Å². The van der Waals surface area contributed by atoms with E-state index in [1.807, 2.05) is 18.3 Å². The largest absolute Gasteiger partial charge is 0.381 e. The summed E-state index contributed by atoms with van der Waals surface area (Å²) < 4.78 is 5.23. The summed E-state index contributed by atoms with van der Waals surface area (Å²) in [4.78, 5) is 4.29. The van der Waals surface area contributed by atoms with Crippen LogP contribution in [-0.2, 0) is 11.2 Å². The molecule has 1 N–H and O–H groups in total. The first-order chi connectivity index (χ1) is 7.38. The highest BCUT2D eigenvalue weighted by Gasteiger charge is 2.27. The lowest BCUT2D eigenvalue weighted by atomic mass is 9.89. The number of hydrogen-bond donors (Lipinski definition) is 1. The number of aromatic nitrogens is 1. The van der Waals surface area contributed by atoms with Gasteiger partial charge in [-0.2, -0.15) is 0 Å². The maximum Gasteiger partial charge on any atom is 0.0601 e. The molecule has 0 bridgehead atoms. The normalized spacial score (nSPS) is 24.9. The van der Waals surface area contributed by atoms with Crippen molar-refractivity contribution >= 4 is 0 Å². The SMILES string of the molecule is COC1CC(NCCc2ccccn2)C1. The Labute approximate surface area is 90.9 Å². The summed E-state index contributed by atoms with van der Waals surface area (Å²) in [6.07, 6.45) is 5.64. The zero-order chi connectivity index (χ0) is 10.5. The van der Waals surface area contributed by atoms with Gasteiger partial charge in [0.2, 0.25) is 0 Å². The monoisotopic (exact) mass is 206 g/mol. The zero-order valence-corrected chi connectivity index (χ0v) is 9.15. The topological polar surface area (TPSA) is 34.1 Å². The second-order valence-electron chi connectivity index (χ2n) is 4.05. The molecule has 0 aromatic carbocycles. The van der Waals surface area contributed by atoms with Crippen LogP contribution in [0.15, 0.2) is 24.4 Å². The van der Waals surface area contributed by atoms with Crippen molar-refractivity contribution < 1.29 is 4.74 Å². The smallest absolute Gasteiger partial charge is 0.0601 e. The molecule has 0 unspecified atom stereocenters. The predicted octanol–water partition coefficient (Wildman–Crippen LogP) is 1.39. The molecule has 0 spiro atoms. The highest BCUT2D eigenvalue weighted by atomic mass is 16.5. The number of methoxy groups -OCH3 is 1. The van der Waals surface area contributed by atoms with E-state index in [9.17, 15) is 0 Å². The van der Waals surface area contributed by atoms with Crippen molar-refractivity contribution in [1.29, 1.82) is 0 Å². The van der Waals surface area contributed by atoms with Crippen molar-refractivity contribution in [2.45, 2.75) is 31.4 Å². The molecule has 1 heterocycles. The highest BCUT2D eigenvalue weighted by molar-refractivity contribution is 5.03. The van der Waals surface area contributed by atoms with Crippen LogP contribution in [0.25, 0.3) is 0 Å². The number of pyridine rings is 1. The summed E-state index contributed by atoms with van der Waals surface area (Å²) >= 11 is 0. The number of nitrogens with one attached hydrogen (secondary N) is 1. The Balaban J connectivity index is 1.60. The van der Waals surface area contributed by atoms with Gasteiger partial charge in [-0.05, 0) is 25.0 Å². The van der Waals surface area contributed by atoms with Crippen molar-refractivity contribution in [3.05, 3.63) is 30.1 Å². The molecule has 2 rings (SSSR count). The molecule has 0 atom stereocenters. The average molecular weight is 206 g/mol. The molecule has 1 fully saturated rings. The third kappa shape index (κ3) is 3.01. The third-order valence-electron chi connectivity index (χ3n) is 2.97. The second-order valence-corrected chi connectivity index (χ2v) is 4.05. The molecule has 3 heteroatoms. The van der Waals surface area contributed by atoms with Gasteiger partial charge >= 0.3 is 0 Å². The molecule has 0 radical (unpaired) electrons. The van der Waals surface area contributed by atoms with E-state index in [0.717, 1.165) is 31.5 Å². The summed E-state index contributed by atoms with van der Waals surface area (Å²) in [7, 11) is 1.79. The first kappa shape index (κ1) is 10.6. The van der Waals surface area contributed by atoms with Crippen molar-refractivity contribution in [3.8, 4) is 0 Å². The van der Waals surface area contributed by atoms with Gasteiger partial charge < -0.3 is 10.1 Å². The van der Waals surface area contributed by atoms with E-state index < -0.39 is 0 Å². The number of hydrogen-bond acceptors (Lipinski definition) is 3. The lowest BCUT2D eigenvalue weighted by Gasteiger charge is -2.34. The molecule has 1 saturated carbocycles. The maximum absolute atomic E-state index is 5.23. The molecule has 1 aromatic rings. The van der Waals surface area contributed by atoms with Gasteiger partial charge in [-0.25, -0.2) is 0 Å². The maximum atomic E-state index is 5.23. The Kier molecular flexibility index (Phi) is 3.69. The van der Waals surface area contributed by atoms with Gasteiger partial charge in [-0.15, -0.1) is 0 Å². The van der Waals surface area contributed by atoms with E-state index >= 15 is 0 Å². The third-order valence-corrected chi connectivity index (χ3v) is 2.97. The minimum absolute atomic E-state index is 0.484. The first-order valence-electron chi connectivity index (χ1n) is 5.54. The van der Waals surface area contributed by atoms with Crippen molar-refractivity contribution in [3.63, 3.8) is 0 Å². The van der Waals surface area contributed by atoms with Gasteiger partial charge in [0.05, 0.1) is 6.10 Å². The Bertz CT molecular complexity index is 283. The molecule has 1 aliphatic carbocycles. The van der Waals surface area contributed by atoms with Crippen LogP contribution in [-0.4, -0.2) is 30.8 Å². The van der Waals surface area contributed by atoms with Crippen LogP contribution in [0.4, 0.5) is 0 Å². The molecular weight excluding hydrogens is 188 g/mol. The molecular formula is C12H18N2O. The molecule has 15 heavy (non-hydrogen) atoms. The van der Waals surface area contributed by atoms with Crippen molar-refractivity contribution in [1.82, 2.24) is 10.3 Å². The predicted molar refractivity (Wildman–Crippen MR) is 59.8 cm³/mol. The molecule has 3 nitrogen and oxygen atoms in total. The standard InChI is InChI=1S/C12H18N2O/c1-15-12-8-11(9-12)14-7-5-10-4-2-3-6-13-10/h2-4,6,11-12,14H,5,7-9H2,1H3. The average Bonchev–Trinajstić information content (AvgIpc) is 2.23. The minimum Gasteiger partial charge on any atom is -0.381 e. The van der Waals surface area contributed by atoms with Crippen molar-refractivity contribution in [2.75, 3.05) is 13.7 Å². The van der Waals surface area contributed by atoms with Gasteiger partial charge in [0, 0.05) is 38.0 Å². The molecule has 1 aliphatic rings. The van der Waals surface area contributed by atoms with Crippen LogP contribution in [0.1, 0.15) is 18.5 Å². The van der Waals surface area contributed by atoms with Crippen LogP contribution < -0.4 is 5.32 Å². The Morgan fingerprint density at radius 2 is 2.33 bits per heavy atom. The lowest BCUT2D eigenvalue weighted by Crippen LogP contribution is -2.45. The van der Waals surface area contributed by atoms with Crippen molar-refractivity contribution in [2.24, 2.45) is 0 Å². The van der Waals surface area contributed by atoms with E-state index in [0.29, 0.717) is 12.1 Å². The van der Waals surface area contributed by atoms with Gasteiger partial charge in [0.15, 0.2) is 0 Å². The van der Waals surface area contributed by atoms with Gasteiger partial charge in [0.25, 0.3) is 0 Å². The Hall–Kier alpha value is -0.930. The van der Waals surface area contributed by atoms with E-state index in [1.54, 1.807) is 7.11 Å². The highest BCUT2D eigenvalue weighted by Crippen LogP contribution is 2.22. The number of nitrogens with zero attached hydrogens (tertiary/aromatic N) is 1. The summed E-state index contributed by atoms with van der Waals surface area (Å²) in [5.74, 6) is 0. The zero-order valence-electron chi connectivity index (χ0n) is 9.15. The van der Waals surface area contributed by atoms with Crippen LogP contribution in [0.3, 0.4) is 0 Å². The Morgan fingerprint density at radius 1 is 1.47 bits per heavy atom. The van der Waals surface area contributed by atoms with E-state index in [4.69, 9.17) is 4.74 Å². The Morgan fingerprint density at radius 3 is 3.00 bits per heavy atom. The molecule has 0 amide bonds. The quantitative estimate of drug-likeness (QED) is 0.790. The molecule has 0 saturated heterocycles. The van der Waals surface area contributed by atoms with Crippen LogP contribution >= 0.6 is 0 Å². The number of rotatable bonds is 5. The van der Waals surface area contributed by atoms with E-state index in [2.05, 4.69) is 16.4 Å². The van der Waals surface area contributed by atoms with Gasteiger partial charge in [0.1, 0.15) is 0 Å². The van der Waals surface area contributed by atoms with Crippen LogP contribution in [0.2, 0.25) is 0 Å². The fourth-order valence-corrected chi connectivity index (χ4v) is 1.88. The molecule has 0 aliphatic heterocycles. The summed E-state index contributed by atoms with van der Waals surface area (Å²) in [6.45, 7) is 1.01. The van der Waals surface area contributed by atoms with E-state index in [-0.39, 0.29) is 0 Å².